The van der Waals surface area contributed by atoms with Crippen LogP contribution in [0.5, 0.6) is 0 Å². The molecule has 0 fully saturated rings. The van der Waals surface area contributed by atoms with Gasteiger partial charge in [0.1, 0.15) is 0 Å². The van der Waals surface area contributed by atoms with Crippen LogP contribution >= 0.6 is 0 Å². The number of hydrogen-bond donors (Lipinski definition) is 0. The number of nitro benzene ring substituents is 1. The summed E-state index contributed by atoms with van der Waals surface area (Å²) < 4.78 is 2.47. The van der Waals surface area contributed by atoms with Crippen molar-refractivity contribution in [3.63, 3.8) is 0 Å². The van der Waals surface area contributed by atoms with Gasteiger partial charge in [-0.05, 0) is 35.9 Å². The first-order chi connectivity index (χ1) is 9.02. The molecule has 100 valence electrons. The van der Waals surface area contributed by atoms with Gasteiger partial charge in [0.15, 0.2) is 0 Å². The van der Waals surface area contributed by atoms with E-state index in [1.165, 1.54) is 15.4 Å². The Morgan fingerprint density at radius 3 is 2.53 bits per heavy atom. The van der Waals surface area contributed by atoms with Crippen molar-refractivity contribution in [3.05, 3.63) is 49.9 Å². The molecule has 0 radical (unpaired) electrons. The van der Waals surface area contributed by atoms with Crippen molar-refractivity contribution >= 4 is 5.69 Å². The van der Waals surface area contributed by atoms with Crippen LogP contribution in [0.1, 0.15) is 18.1 Å². The first kappa shape index (κ1) is 12.9. The number of nitro groups is 1. The fraction of sp³-hybridized carbons (Fsp3) is 0.364. The Kier molecular flexibility index (Phi) is 3.41. The Morgan fingerprint density at radius 2 is 2.00 bits per heavy atom. The fourth-order valence-electron chi connectivity index (χ4n) is 1.80. The second kappa shape index (κ2) is 5.01. The molecule has 1 aromatic carbocycles. The van der Waals surface area contributed by atoms with Crippen LogP contribution < -0.4 is 5.69 Å². The molecular weight excluding hydrogens is 250 g/mol. The van der Waals surface area contributed by atoms with E-state index in [0.717, 1.165) is 5.56 Å². The molecule has 19 heavy (non-hydrogen) atoms. The topological polar surface area (TPSA) is 95.8 Å². The van der Waals surface area contributed by atoms with E-state index in [4.69, 9.17) is 0 Å². The van der Waals surface area contributed by atoms with Crippen LogP contribution in [0, 0.1) is 17.0 Å². The number of nitrogens with zero attached hydrogens (tertiary/aromatic N) is 5. The Bertz CT molecular complexity index is 673. The molecule has 0 saturated heterocycles. The van der Waals surface area contributed by atoms with Crippen LogP contribution in [0.15, 0.2) is 23.0 Å². The van der Waals surface area contributed by atoms with Gasteiger partial charge in [-0.15, -0.1) is 0 Å². The lowest BCUT2D eigenvalue weighted by molar-refractivity contribution is -0.385. The van der Waals surface area contributed by atoms with Crippen LogP contribution in [0.3, 0.4) is 0 Å². The first-order valence-electron chi connectivity index (χ1n) is 5.77. The minimum atomic E-state index is -0.432. The summed E-state index contributed by atoms with van der Waals surface area (Å²) in [4.78, 5) is 22.0. The molecule has 2 aromatic rings. The predicted octanol–water partition coefficient (Wildman–Crippen LogP) is 0.725. The molecule has 0 aliphatic heterocycles. The Morgan fingerprint density at radius 1 is 1.32 bits per heavy atom. The Balaban J connectivity index is 2.29. The normalized spacial score (nSPS) is 10.6. The van der Waals surface area contributed by atoms with E-state index in [9.17, 15) is 14.9 Å². The minimum Gasteiger partial charge on any atom is -0.258 e. The zero-order valence-corrected chi connectivity index (χ0v) is 10.6. The van der Waals surface area contributed by atoms with Crippen LogP contribution in [-0.2, 0) is 13.1 Å². The summed E-state index contributed by atoms with van der Waals surface area (Å²) in [5.41, 5.74) is 1.10. The third-order valence-electron chi connectivity index (χ3n) is 2.79. The molecule has 0 unspecified atom stereocenters. The quantitative estimate of drug-likeness (QED) is 0.598. The lowest BCUT2D eigenvalue weighted by atomic mass is 10.1. The molecule has 1 aromatic heterocycles. The molecule has 8 nitrogen and oxygen atoms in total. The van der Waals surface area contributed by atoms with Gasteiger partial charge in [0.05, 0.1) is 11.5 Å². The number of aromatic nitrogens is 4. The maximum atomic E-state index is 11.8. The van der Waals surface area contributed by atoms with Crippen molar-refractivity contribution in [1.82, 2.24) is 19.8 Å². The molecule has 0 saturated carbocycles. The highest BCUT2D eigenvalue weighted by Crippen LogP contribution is 2.18. The maximum absolute atomic E-state index is 11.8. The van der Waals surface area contributed by atoms with Crippen molar-refractivity contribution in [2.75, 3.05) is 0 Å². The van der Waals surface area contributed by atoms with Crippen LogP contribution in [-0.4, -0.2) is 24.7 Å². The Hall–Kier alpha value is -2.51. The van der Waals surface area contributed by atoms with E-state index < -0.39 is 4.92 Å². The van der Waals surface area contributed by atoms with Gasteiger partial charge in [0.2, 0.25) is 0 Å². The SMILES string of the molecule is CCn1nnn(Cc2ccc([N+](=O)[O-])c(C)c2)c1=O. The van der Waals surface area contributed by atoms with Gasteiger partial charge >= 0.3 is 5.69 Å². The van der Waals surface area contributed by atoms with E-state index in [-0.39, 0.29) is 17.9 Å². The first-order valence-corrected chi connectivity index (χ1v) is 5.77. The smallest absolute Gasteiger partial charge is 0.258 e. The van der Waals surface area contributed by atoms with Gasteiger partial charge in [-0.25, -0.2) is 4.79 Å². The van der Waals surface area contributed by atoms with Gasteiger partial charge in [-0.1, -0.05) is 6.07 Å². The average Bonchev–Trinajstić information content (AvgIpc) is 2.70. The number of hydrogen-bond acceptors (Lipinski definition) is 5. The minimum absolute atomic E-state index is 0.0632. The molecule has 0 aliphatic rings. The highest BCUT2D eigenvalue weighted by molar-refractivity contribution is 5.41. The molecule has 0 aliphatic carbocycles. The summed E-state index contributed by atoms with van der Waals surface area (Å²) in [6, 6.07) is 4.72. The Labute approximate surface area is 108 Å². The molecule has 8 heteroatoms. The lowest BCUT2D eigenvalue weighted by Gasteiger charge is -2.02. The molecule has 0 atom stereocenters. The van der Waals surface area contributed by atoms with Crippen molar-refractivity contribution in [2.24, 2.45) is 0 Å². The fourth-order valence-corrected chi connectivity index (χ4v) is 1.80. The van der Waals surface area contributed by atoms with E-state index in [1.54, 1.807) is 26.0 Å². The second-order valence-electron chi connectivity index (χ2n) is 4.11. The van der Waals surface area contributed by atoms with Gasteiger partial charge < -0.3 is 0 Å². The lowest BCUT2D eigenvalue weighted by Crippen LogP contribution is -2.25. The van der Waals surface area contributed by atoms with E-state index in [1.807, 2.05) is 0 Å². The summed E-state index contributed by atoms with van der Waals surface area (Å²) in [6.45, 7) is 4.17. The summed E-state index contributed by atoms with van der Waals surface area (Å²) in [6.07, 6.45) is 0. The number of tetrazole rings is 1. The molecule has 2 rings (SSSR count). The standard InChI is InChI=1S/C11H13N5O3/c1-3-14-11(17)15(13-12-14)7-9-4-5-10(16(18)19)8(2)6-9/h4-6H,3,7H2,1-2H3. The molecule has 0 amide bonds. The van der Waals surface area contributed by atoms with Crippen LogP contribution in [0.25, 0.3) is 0 Å². The van der Waals surface area contributed by atoms with E-state index in [2.05, 4.69) is 10.4 Å². The molecule has 0 N–H and O–H groups in total. The highest BCUT2D eigenvalue weighted by atomic mass is 16.6. The largest absolute Gasteiger partial charge is 0.363 e. The highest BCUT2D eigenvalue weighted by Gasteiger charge is 2.11. The van der Waals surface area contributed by atoms with Crippen molar-refractivity contribution in [1.29, 1.82) is 0 Å². The van der Waals surface area contributed by atoms with E-state index in [0.29, 0.717) is 12.1 Å². The van der Waals surface area contributed by atoms with Crippen molar-refractivity contribution in [2.45, 2.75) is 26.9 Å². The summed E-state index contributed by atoms with van der Waals surface area (Å²) >= 11 is 0. The van der Waals surface area contributed by atoms with Gasteiger partial charge in [0, 0.05) is 18.2 Å². The van der Waals surface area contributed by atoms with Gasteiger partial charge in [0.25, 0.3) is 5.69 Å². The number of rotatable bonds is 4. The summed E-state index contributed by atoms with van der Waals surface area (Å²) in [5, 5.41) is 18.2. The van der Waals surface area contributed by atoms with Crippen LogP contribution in [0.2, 0.25) is 0 Å². The number of aryl methyl sites for hydroxylation is 2. The maximum Gasteiger partial charge on any atom is 0.363 e. The molecule has 0 spiro atoms. The van der Waals surface area contributed by atoms with Crippen LogP contribution in [0.4, 0.5) is 5.69 Å². The number of benzene rings is 1. The zero-order chi connectivity index (χ0) is 14.0. The van der Waals surface area contributed by atoms with Gasteiger partial charge in [-0.3, -0.25) is 10.1 Å². The molecule has 1 heterocycles. The molecular formula is C11H13N5O3. The van der Waals surface area contributed by atoms with Crippen molar-refractivity contribution < 1.29 is 4.92 Å². The average molecular weight is 263 g/mol. The second-order valence-corrected chi connectivity index (χ2v) is 4.11. The zero-order valence-electron chi connectivity index (χ0n) is 10.6. The van der Waals surface area contributed by atoms with Gasteiger partial charge in [-0.2, -0.15) is 9.36 Å². The summed E-state index contributed by atoms with van der Waals surface area (Å²) in [7, 11) is 0. The predicted molar refractivity (Wildman–Crippen MR) is 66.9 cm³/mol. The third kappa shape index (κ3) is 2.51. The molecule has 0 bridgehead atoms. The monoisotopic (exact) mass is 263 g/mol. The summed E-state index contributed by atoms with van der Waals surface area (Å²) in [5.74, 6) is 0. The van der Waals surface area contributed by atoms with E-state index >= 15 is 0 Å². The third-order valence-corrected chi connectivity index (χ3v) is 2.79. The van der Waals surface area contributed by atoms with Crippen molar-refractivity contribution in [3.8, 4) is 0 Å².